The van der Waals surface area contributed by atoms with E-state index in [1.807, 2.05) is 0 Å². The zero-order valence-electron chi connectivity index (χ0n) is 23.1. The van der Waals surface area contributed by atoms with E-state index >= 15 is 0 Å². The number of rotatable bonds is 8. The van der Waals surface area contributed by atoms with E-state index in [4.69, 9.17) is 0 Å². The fourth-order valence-electron chi connectivity index (χ4n) is 7.78. The first-order valence-electron chi connectivity index (χ1n) is 14.6. The van der Waals surface area contributed by atoms with Crippen LogP contribution in [0.5, 0.6) is 0 Å². The van der Waals surface area contributed by atoms with Crippen molar-refractivity contribution >= 4 is 12.4 Å². The van der Waals surface area contributed by atoms with Crippen molar-refractivity contribution in [3.63, 3.8) is 0 Å². The van der Waals surface area contributed by atoms with Crippen molar-refractivity contribution in [2.24, 2.45) is 0 Å². The van der Waals surface area contributed by atoms with Crippen LogP contribution in [0.25, 0.3) is 0 Å². The van der Waals surface area contributed by atoms with Crippen molar-refractivity contribution < 1.29 is 8.97 Å². The van der Waals surface area contributed by atoms with Crippen molar-refractivity contribution in [2.45, 2.75) is 63.9 Å². The highest BCUT2D eigenvalue weighted by molar-refractivity contribution is 5.85. The SMILES string of the molecule is Cl.c1ccc(C[N+]2(Cc3ccccc3)CC[N+](Cc3ccccc3)(Cc3ccccc3)[C@H]3CCCC[C@@H]32)cc1. The van der Waals surface area contributed by atoms with Gasteiger partial charge in [0.2, 0.25) is 0 Å². The van der Waals surface area contributed by atoms with E-state index < -0.39 is 0 Å². The molecule has 1 aliphatic carbocycles. The highest BCUT2D eigenvalue weighted by atomic mass is 35.5. The molecule has 2 nitrogen and oxygen atoms in total. The van der Waals surface area contributed by atoms with Crippen LogP contribution in [0.15, 0.2) is 121 Å². The van der Waals surface area contributed by atoms with Gasteiger partial charge in [-0.25, -0.2) is 0 Å². The largest absolute Gasteiger partial charge is 0.304 e. The van der Waals surface area contributed by atoms with Gasteiger partial charge in [0.1, 0.15) is 51.4 Å². The minimum Gasteiger partial charge on any atom is -0.304 e. The van der Waals surface area contributed by atoms with Crippen LogP contribution < -0.4 is 0 Å². The van der Waals surface area contributed by atoms with Crippen molar-refractivity contribution in [1.82, 2.24) is 0 Å². The number of hydrogen-bond donors (Lipinski definition) is 0. The third kappa shape index (κ3) is 6.14. The van der Waals surface area contributed by atoms with Gasteiger partial charge in [0, 0.05) is 35.1 Å². The van der Waals surface area contributed by atoms with Gasteiger partial charge in [-0.05, 0) is 12.8 Å². The molecule has 0 bridgehead atoms. The summed E-state index contributed by atoms with van der Waals surface area (Å²) in [5.41, 5.74) is 5.94. The lowest BCUT2D eigenvalue weighted by Gasteiger charge is -2.60. The van der Waals surface area contributed by atoms with E-state index in [1.54, 1.807) is 0 Å². The summed E-state index contributed by atoms with van der Waals surface area (Å²) in [5.74, 6) is 0. The highest BCUT2D eigenvalue weighted by Crippen LogP contribution is 2.44. The van der Waals surface area contributed by atoms with Gasteiger partial charge in [-0.2, -0.15) is 0 Å². The van der Waals surface area contributed by atoms with E-state index in [0.29, 0.717) is 12.1 Å². The number of halogens is 1. The minimum atomic E-state index is 0. The van der Waals surface area contributed by atoms with Crippen molar-refractivity contribution in [2.75, 3.05) is 13.1 Å². The molecule has 1 heterocycles. The van der Waals surface area contributed by atoms with Gasteiger partial charge in [-0.3, -0.25) is 0 Å². The Morgan fingerprint density at radius 2 is 0.667 bits per heavy atom. The number of nitrogens with zero attached hydrogens (tertiary/aromatic N) is 2. The third-order valence-electron chi connectivity index (χ3n) is 9.45. The molecular weight excluding hydrogens is 496 g/mol. The summed E-state index contributed by atoms with van der Waals surface area (Å²) in [6.07, 6.45) is 5.41. The lowest BCUT2D eigenvalue weighted by molar-refractivity contribution is -1.09. The molecule has 4 aromatic rings. The minimum absolute atomic E-state index is 0. The smallest absolute Gasteiger partial charge is 0.142 e. The first kappa shape index (κ1) is 27.6. The molecule has 2 atom stereocenters. The summed E-state index contributed by atoms with van der Waals surface area (Å²) >= 11 is 0. The van der Waals surface area contributed by atoms with E-state index in [0.717, 1.165) is 26.2 Å². The topological polar surface area (TPSA) is 0 Å². The van der Waals surface area contributed by atoms with Crippen molar-refractivity contribution in [3.05, 3.63) is 144 Å². The third-order valence-corrected chi connectivity index (χ3v) is 9.45. The number of piperazine rings is 1. The average Bonchev–Trinajstić information content (AvgIpc) is 2.98. The van der Waals surface area contributed by atoms with Gasteiger partial charge in [-0.15, -0.1) is 12.4 Å². The summed E-state index contributed by atoms with van der Waals surface area (Å²) in [6.45, 7) is 6.98. The zero-order valence-corrected chi connectivity index (χ0v) is 23.9. The molecule has 3 heteroatoms. The van der Waals surface area contributed by atoms with Gasteiger partial charge in [0.05, 0.1) is 0 Å². The molecule has 2 fully saturated rings. The fourth-order valence-corrected chi connectivity index (χ4v) is 7.78. The first-order valence-corrected chi connectivity index (χ1v) is 14.6. The molecule has 1 saturated heterocycles. The molecule has 0 spiro atoms. The number of quaternary nitrogens is 2. The maximum atomic E-state index is 2.35. The van der Waals surface area contributed by atoms with Gasteiger partial charge >= 0.3 is 0 Å². The quantitative estimate of drug-likeness (QED) is 0.198. The maximum Gasteiger partial charge on any atom is 0.142 e. The summed E-state index contributed by atoms with van der Waals surface area (Å²) in [5, 5.41) is 0. The fraction of sp³-hybridized carbons (Fsp3) is 0.333. The molecule has 4 aromatic carbocycles. The predicted octanol–water partition coefficient (Wildman–Crippen LogP) is 8.17. The standard InChI is InChI=1S/C36H42N2.ClH/c1-5-15-31(16-6-1)27-37(28-32-17-7-2-8-18-32)25-26-38(29-33-19-9-3-10-20-33,30-34-21-11-4-12-22-34)36-24-14-13-23-35(36)37;/h1-12,15-22,35-36H,13-14,23-30H2;1H/q+2;/t35-,36-;/m0./s1. The van der Waals surface area contributed by atoms with Crippen molar-refractivity contribution in [1.29, 1.82) is 0 Å². The highest BCUT2D eigenvalue weighted by Gasteiger charge is 2.57. The molecule has 6 rings (SSSR count). The Morgan fingerprint density at radius 3 is 0.923 bits per heavy atom. The lowest BCUT2D eigenvalue weighted by atomic mass is 9.80. The van der Waals surface area contributed by atoms with Crippen LogP contribution in [0, 0.1) is 0 Å². The second-order valence-electron chi connectivity index (χ2n) is 11.9. The maximum absolute atomic E-state index is 2.35. The molecule has 0 N–H and O–H groups in total. The van der Waals surface area contributed by atoms with E-state index in [2.05, 4.69) is 121 Å². The Kier molecular flexibility index (Phi) is 8.87. The monoisotopic (exact) mass is 538 g/mol. The molecule has 2 aliphatic rings. The summed E-state index contributed by atoms with van der Waals surface area (Å²) in [6, 6.07) is 46.6. The van der Waals surface area contributed by atoms with Crippen molar-refractivity contribution in [3.8, 4) is 0 Å². The molecule has 1 saturated carbocycles. The molecule has 39 heavy (non-hydrogen) atoms. The Morgan fingerprint density at radius 1 is 0.410 bits per heavy atom. The molecule has 0 aromatic heterocycles. The number of fused-ring (bicyclic) bond motifs is 1. The molecule has 0 unspecified atom stereocenters. The lowest BCUT2D eigenvalue weighted by Crippen LogP contribution is -2.75. The van der Waals surface area contributed by atoms with Gasteiger partial charge < -0.3 is 8.97 Å². The normalized spacial score (nSPS) is 21.3. The van der Waals surface area contributed by atoms with Crippen LogP contribution in [0.1, 0.15) is 47.9 Å². The van der Waals surface area contributed by atoms with Gasteiger partial charge in [0.15, 0.2) is 0 Å². The van der Waals surface area contributed by atoms with E-state index in [9.17, 15) is 0 Å². The average molecular weight is 539 g/mol. The molecule has 1 aliphatic heterocycles. The van der Waals surface area contributed by atoms with E-state index in [1.165, 1.54) is 70.0 Å². The summed E-state index contributed by atoms with van der Waals surface area (Å²) in [4.78, 5) is 0. The Bertz CT molecular complexity index is 1090. The Hall–Kier alpha value is -2.91. The summed E-state index contributed by atoms with van der Waals surface area (Å²) in [7, 11) is 0. The van der Waals surface area contributed by atoms with Crippen LogP contribution in [0.3, 0.4) is 0 Å². The Labute approximate surface area is 241 Å². The van der Waals surface area contributed by atoms with Crippen LogP contribution >= 0.6 is 12.4 Å². The van der Waals surface area contributed by atoms with Crippen LogP contribution in [0.4, 0.5) is 0 Å². The zero-order chi connectivity index (χ0) is 25.7. The van der Waals surface area contributed by atoms with Crippen LogP contribution in [-0.2, 0) is 26.2 Å². The van der Waals surface area contributed by atoms with Gasteiger partial charge in [0.25, 0.3) is 0 Å². The molecule has 0 amide bonds. The van der Waals surface area contributed by atoms with Crippen LogP contribution in [-0.4, -0.2) is 34.1 Å². The summed E-state index contributed by atoms with van der Waals surface area (Å²) < 4.78 is 2.39. The second kappa shape index (κ2) is 12.5. The first-order chi connectivity index (χ1) is 18.7. The number of hydrogen-bond acceptors (Lipinski definition) is 0. The Balaban J connectivity index is 0.00000308. The second-order valence-corrected chi connectivity index (χ2v) is 11.9. The molecule has 202 valence electrons. The van der Waals surface area contributed by atoms with Crippen LogP contribution in [0.2, 0.25) is 0 Å². The van der Waals surface area contributed by atoms with E-state index in [-0.39, 0.29) is 12.4 Å². The molecular formula is C36H43ClN2+2. The predicted molar refractivity (Wildman–Crippen MR) is 164 cm³/mol. The van der Waals surface area contributed by atoms with Gasteiger partial charge in [-0.1, -0.05) is 121 Å². The molecule has 0 radical (unpaired) electrons. The number of benzene rings is 4.